The summed E-state index contributed by atoms with van der Waals surface area (Å²) >= 11 is 0. The van der Waals surface area contributed by atoms with E-state index in [2.05, 4.69) is 0 Å². The van der Waals surface area contributed by atoms with E-state index >= 15 is 0 Å². The van der Waals surface area contributed by atoms with Crippen LogP contribution >= 0.6 is 0 Å². The molecule has 32 heavy (non-hydrogen) atoms. The lowest BCUT2D eigenvalue weighted by molar-refractivity contribution is -0.158. The molecule has 1 aliphatic rings. The van der Waals surface area contributed by atoms with Crippen molar-refractivity contribution in [1.82, 2.24) is 19.6 Å². The van der Waals surface area contributed by atoms with Gasteiger partial charge in [-0.3, -0.25) is 19.2 Å². The van der Waals surface area contributed by atoms with Gasteiger partial charge in [-0.2, -0.15) is 0 Å². The number of nitrogens with zero attached hydrogens (tertiary/aromatic N) is 4. The smallest absolute Gasteiger partial charge is 0.243 e. The Labute approximate surface area is 194 Å². The third-order valence-electron chi connectivity index (χ3n) is 5.62. The van der Waals surface area contributed by atoms with Crippen LogP contribution in [0.1, 0.15) is 83.1 Å². The van der Waals surface area contributed by atoms with Crippen molar-refractivity contribution in [1.29, 1.82) is 0 Å². The lowest BCUT2D eigenvalue weighted by Crippen LogP contribution is -2.63. The van der Waals surface area contributed by atoms with Gasteiger partial charge in [-0.05, 0) is 83.1 Å². The molecule has 0 atom stereocenters. The van der Waals surface area contributed by atoms with Gasteiger partial charge >= 0.3 is 0 Å². The van der Waals surface area contributed by atoms with Crippen molar-refractivity contribution in [3.8, 4) is 0 Å². The van der Waals surface area contributed by atoms with Gasteiger partial charge in [0.1, 0.15) is 26.2 Å². The molecule has 0 N–H and O–H groups in total. The molecule has 0 spiro atoms. The summed E-state index contributed by atoms with van der Waals surface area (Å²) in [6.45, 7) is 21.7. The van der Waals surface area contributed by atoms with E-state index in [0.717, 1.165) is 0 Å². The third-order valence-corrected chi connectivity index (χ3v) is 5.62. The summed E-state index contributed by atoms with van der Waals surface area (Å²) in [5.74, 6) is -1.18. The summed E-state index contributed by atoms with van der Waals surface area (Å²) in [6, 6.07) is 0. The summed E-state index contributed by atoms with van der Waals surface area (Å²) in [5.41, 5.74) is -2.52. The zero-order chi connectivity index (χ0) is 25.4. The molecule has 1 rings (SSSR count). The van der Waals surface area contributed by atoms with Gasteiger partial charge < -0.3 is 19.6 Å². The molecule has 0 aromatic rings. The lowest BCUT2D eigenvalue weighted by atomic mass is 10.0. The first-order valence-corrected chi connectivity index (χ1v) is 11.3. The van der Waals surface area contributed by atoms with Crippen molar-refractivity contribution in [2.45, 2.75) is 105 Å². The molecule has 0 saturated carbocycles. The Hall–Kier alpha value is -2.12. The number of carbonyl (C=O) groups is 4. The summed E-state index contributed by atoms with van der Waals surface area (Å²) in [7, 11) is 0. The maximum Gasteiger partial charge on any atom is 0.243 e. The maximum absolute atomic E-state index is 13.4. The van der Waals surface area contributed by atoms with E-state index < -0.39 is 22.2 Å². The van der Waals surface area contributed by atoms with E-state index in [-0.39, 0.29) is 49.8 Å². The maximum atomic E-state index is 13.4. The van der Waals surface area contributed by atoms with Crippen LogP contribution < -0.4 is 0 Å². The zero-order valence-electron chi connectivity index (χ0n) is 22.3. The quantitative estimate of drug-likeness (QED) is 0.566. The van der Waals surface area contributed by atoms with E-state index in [1.165, 1.54) is 19.6 Å². The summed E-state index contributed by atoms with van der Waals surface area (Å²) < 4.78 is 0. The van der Waals surface area contributed by atoms with Gasteiger partial charge in [-0.25, -0.2) is 0 Å². The van der Waals surface area contributed by atoms with Crippen LogP contribution in [0.3, 0.4) is 0 Å². The Morgan fingerprint density at radius 3 is 0.594 bits per heavy atom. The Morgan fingerprint density at radius 1 is 0.375 bits per heavy atom. The molecule has 1 fully saturated rings. The van der Waals surface area contributed by atoms with Crippen molar-refractivity contribution in [3.05, 3.63) is 0 Å². The number of carbonyl (C=O) groups excluding carboxylic acids is 4. The average Bonchev–Trinajstić information content (AvgIpc) is 2.54. The van der Waals surface area contributed by atoms with Gasteiger partial charge in [0, 0.05) is 22.2 Å². The van der Waals surface area contributed by atoms with Gasteiger partial charge in [0.2, 0.25) is 23.6 Å². The monoisotopic (exact) mass is 452 g/mol. The molecule has 0 aromatic heterocycles. The molecular formula is C24H44N4O4. The molecule has 184 valence electrons. The predicted octanol–water partition coefficient (Wildman–Crippen LogP) is 2.51. The molecule has 1 heterocycles. The van der Waals surface area contributed by atoms with E-state index in [1.807, 2.05) is 83.1 Å². The Balaban J connectivity index is 3.64. The second-order valence-corrected chi connectivity index (χ2v) is 12.6. The fourth-order valence-corrected chi connectivity index (χ4v) is 3.68. The number of hydrogen-bond acceptors (Lipinski definition) is 4. The van der Waals surface area contributed by atoms with Gasteiger partial charge in [0.25, 0.3) is 0 Å². The second-order valence-electron chi connectivity index (χ2n) is 12.6. The minimum Gasteiger partial charge on any atom is -0.327 e. The van der Waals surface area contributed by atoms with Crippen LogP contribution in [0.2, 0.25) is 0 Å². The largest absolute Gasteiger partial charge is 0.327 e. The van der Waals surface area contributed by atoms with E-state index in [1.54, 1.807) is 0 Å². The fraction of sp³-hybridized carbons (Fsp3) is 0.833. The molecule has 0 aliphatic carbocycles. The molecule has 0 bridgehead atoms. The highest BCUT2D eigenvalue weighted by Gasteiger charge is 2.40. The SMILES string of the molecule is CC(C)(C)N1CC(=O)N(C(C)(C)C)CC(=O)N(C(C)(C)C)CC(=O)N(C(C)(C)C)CC1=O. The average molecular weight is 453 g/mol. The Bertz CT molecular complexity index is 620. The molecule has 8 nitrogen and oxygen atoms in total. The van der Waals surface area contributed by atoms with Crippen LogP contribution in [0, 0.1) is 0 Å². The topological polar surface area (TPSA) is 81.2 Å². The molecule has 0 unspecified atom stereocenters. The molecule has 0 aromatic carbocycles. The first-order valence-electron chi connectivity index (χ1n) is 11.3. The van der Waals surface area contributed by atoms with E-state index in [4.69, 9.17) is 0 Å². The molecule has 4 amide bonds. The highest BCUT2D eigenvalue weighted by atomic mass is 16.2. The van der Waals surface area contributed by atoms with Crippen molar-refractivity contribution in [2.24, 2.45) is 0 Å². The van der Waals surface area contributed by atoms with Crippen molar-refractivity contribution in [3.63, 3.8) is 0 Å². The zero-order valence-corrected chi connectivity index (χ0v) is 22.3. The molecule has 1 aliphatic heterocycles. The predicted molar refractivity (Wildman–Crippen MR) is 126 cm³/mol. The Kier molecular flexibility index (Phi) is 7.87. The minimum absolute atomic E-state index is 0.158. The van der Waals surface area contributed by atoms with Gasteiger partial charge in [-0.1, -0.05) is 0 Å². The van der Waals surface area contributed by atoms with Crippen LogP contribution in [0.4, 0.5) is 0 Å². The van der Waals surface area contributed by atoms with Crippen LogP contribution in [0.25, 0.3) is 0 Å². The number of hydrogen-bond donors (Lipinski definition) is 0. The molecule has 8 heteroatoms. The second kappa shape index (κ2) is 9.02. The van der Waals surface area contributed by atoms with Crippen molar-refractivity contribution < 1.29 is 19.2 Å². The van der Waals surface area contributed by atoms with Crippen molar-refractivity contribution >= 4 is 23.6 Å². The van der Waals surface area contributed by atoms with Crippen molar-refractivity contribution in [2.75, 3.05) is 26.2 Å². The molecule has 1 saturated heterocycles. The molecular weight excluding hydrogens is 408 g/mol. The minimum atomic E-state index is -0.630. The standard InChI is InChI=1S/C24H44N4O4/c1-21(2,3)25-13-18(30)27(23(7,8)9)15-20(32)28(24(10,11)12)16-19(31)26(14-17(25)29)22(4,5)6/h13-16H2,1-12H3. The van der Waals surface area contributed by atoms with Gasteiger partial charge in [0.15, 0.2) is 0 Å². The van der Waals surface area contributed by atoms with Crippen LogP contribution in [-0.4, -0.2) is 91.6 Å². The van der Waals surface area contributed by atoms with Crippen LogP contribution in [0.5, 0.6) is 0 Å². The highest BCUT2D eigenvalue weighted by Crippen LogP contribution is 2.23. The fourth-order valence-electron chi connectivity index (χ4n) is 3.68. The highest BCUT2D eigenvalue weighted by molar-refractivity contribution is 5.94. The number of rotatable bonds is 0. The normalized spacial score (nSPS) is 19.4. The third kappa shape index (κ3) is 6.94. The summed E-state index contributed by atoms with van der Waals surface area (Å²) in [4.78, 5) is 59.7. The summed E-state index contributed by atoms with van der Waals surface area (Å²) in [6.07, 6.45) is 0. The van der Waals surface area contributed by atoms with E-state index in [0.29, 0.717) is 0 Å². The lowest BCUT2D eigenvalue weighted by Gasteiger charge is -2.45. The summed E-state index contributed by atoms with van der Waals surface area (Å²) in [5, 5.41) is 0. The first-order chi connectivity index (χ1) is 14.1. The van der Waals surface area contributed by atoms with Gasteiger partial charge in [-0.15, -0.1) is 0 Å². The van der Waals surface area contributed by atoms with Gasteiger partial charge in [0.05, 0.1) is 0 Å². The van der Waals surface area contributed by atoms with E-state index in [9.17, 15) is 19.2 Å². The Morgan fingerprint density at radius 2 is 0.500 bits per heavy atom. The first kappa shape index (κ1) is 27.9. The molecule has 0 radical (unpaired) electrons. The van der Waals surface area contributed by atoms with Crippen LogP contribution in [0.15, 0.2) is 0 Å². The van der Waals surface area contributed by atoms with Crippen LogP contribution in [-0.2, 0) is 19.2 Å². The number of amides is 4.